The van der Waals surface area contributed by atoms with E-state index in [-0.39, 0.29) is 23.6 Å². The number of rotatable bonds is 6. The first-order valence-electron chi connectivity index (χ1n) is 11.2. The van der Waals surface area contributed by atoms with E-state index in [1.54, 1.807) is 18.7 Å². The highest BCUT2D eigenvalue weighted by atomic mass is 32.2. The SMILES string of the molecule is CC(O)[C@H]1C(=O)N2C(C(=O)O)=C(S[C@@H]3CCN(CC4CCNCC4(C)C)C3)[C@H](C)[C@H]12. The van der Waals surface area contributed by atoms with E-state index < -0.39 is 18.0 Å². The van der Waals surface area contributed by atoms with Gasteiger partial charge in [0, 0.05) is 35.7 Å². The molecule has 3 N–H and O–H groups in total. The molecule has 0 saturated carbocycles. The standard InChI is InChI=1S/C22H35N3O4S/c1-12-17-16(13(2)26)20(27)25(17)18(21(28)29)19(12)30-15-6-8-24(10-15)9-14-5-7-23-11-22(14,3)4/h12-17,23,26H,5-11H2,1-4H3,(H,28,29)/t12-,13?,14?,15-,16-,17-/m1/s1. The summed E-state index contributed by atoms with van der Waals surface area (Å²) in [6, 6.07) is -0.223. The van der Waals surface area contributed by atoms with Crippen LogP contribution in [0.2, 0.25) is 0 Å². The molecule has 0 aromatic carbocycles. The highest BCUT2D eigenvalue weighted by molar-refractivity contribution is 8.03. The number of aliphatic hydroxyl groups is 1. The van der Waals surface area contributed by atoms with Crippen LogP contribution in [0.15, 0.2) is 10.6 Å². The van der Waals surface area contributed by atoms with E-state index in [2.05, 4.69) is 24.1 Å². The Hall–Kier alpha value is -1.09. The normalized spacial score (nSPS) is 37.3. The Bertz CT molecular complexity index is 753. The van der Waals surface area contributed by atoms with Crippen LogP contribution in [0.4, 0.5) is 0 Å². The summed E-state index contributed by atoms with van der Waals surface area (Å²) >= 11 is 1.66. The quantitative estimate of drug-likeness (QED) is 0.543. The lowest BCUT2D eigenvalue weighted by Gasteiger charge is -2.46. The predicted octanol–water partition coefficient (Wildman–Crippen LogP) is 1.58. The molecule has 2 unspecified atom stereocenters. The van der Waals surface area contributed by atoms with Gasteiger partial charge in [-0.05, 0) is 44.2 Å². The fraction of sp³-hybridized carbons (Fsp3) is 0.818. The van der Waals surface area contributed by atoms with Crippen molar-refractivity contribution in [2.24, 2.45) is 23.2 Å². The molecule has 0 aromatic rings. The number of hydrogen-bond donors (Lipinski definition) is 3. The fourth-order valence-electron chi connectivity index (χ4n) is 5.79. The van der Waals surface area contributed by atoms with Crippen molar-refractivity contribution in [2.75, 3.05) is 32.7 Å². The Morgan fingerprint density at radius 3 is 2.73 bits per heavy atom. The van der Waals surface area contributed by atoms with Crippen LogP contribution in [-0.4, -0.2) is 82.0 Å². The van der Waals surface area contributed by atoms with Gasteiger partial charge in [0.25, 0.3) is 0 Å². The molecule has 0 bridgehead atoms. The van der Waals surface area contributed by atoms with E-state index in [9.17, 15) is 19.8 Å². The Labute approximate surface area is 183 Å². The molecule has 0 aromatic heterocycles. The van der Waals surface area contributed by atoms with Crippen molar-refractivity contribution in [3.63, 3.8) is 0 Å². The number of aliphatic hydroxyl groups excluding tert-OH is 1. The number of carboxylic acid groups (broad SMARTS) is 1. The molecule has 4 rings (SSSR count). The van der Waals surface area contributed by atoms with Gasteiger partial charge in [0.05, 0.1) is 18.1 Å². The number of carbonyl (C=O) groups excluding carboxylic acids is 1. The lowest BCUT2D eigenvalue weighted by atomic mass is 9.74. The number of hydrogen-bond acceptors (Lipinski definition) is 6. The maximum absolute atomic E-state index is 12.5. The van der Waals surface area contributed by atoms with Gasteiger partial charge in [-0.1, -0.05) is 20.8 Å². The zero-order valence-corrected chi connectivity index (χ0v) is 19.2. The number of carbonyl (C=O) groups is 2. The maximum Gasteiger partial charge on any atom is 0.353 e. The molecule has 168 valence electrons. The molecule has 4 aliphatic heterocycles. The average Bonchev–Trinajstić information content (AvgIpc) is 3.18. The number of β-lactam (4-membered cyclic amide) rings is 1. The smallest absolute Gasteiger partial charge is 0.353 e. The largest absolute Gasteiger partial charge is 0.477 e. The molecule has 3 saturated heterocycles. The van der Waals surface area contributed by atoms with Gasteiger partial charge >= 0.3 is 5.97 Å². The number of fused-ring (bicyclic) bond motifs is 1. The minimum atomic E-state index is -1.03. The molecule has 3 fully saturated rings. The van der Waals surface area contributed by atoms with Gasteiger partial charge < -0.3 is 25.3 Å². The summed E-state index contributed by atoms with van der Waals surface area (Å²) < 4.78 is 0. The van der Waals surface area contributed by atoms with Crippen LogP contribution in [-0.2, 0) is 9.59 Å². The second-order valence-electron chi connectivity index (χ2n) is 10.2. The summed E-state index contributed by atoms with van der Waals surface area (Å²) in [7, 11) is 0. The highest BCUT2D eigenvalue weighted by Gasteiger charge is 2.60. The number of nitrogens with one attached hydrogen (secondary N) is 1. The molecule has 30 heavy (non-hydrogen) atoms. The van der Waals surface area contributed by atoms with E-state index in [4.69, 9.17) is 0 Å². The molecular formula is C22H35N3O4S. The number of nitrogens with zero attached hydrogens (tertiary/aromatic N) is 2. The van der Waals surface area contributed by atoms with Gasteiger partial charge in [-0.2, -0.15) is 0 Å². The molecule has 4 aliphatic rings. The van der Waals surface area contributed by atoms with Crippen molar-refractivity contribution in [3.05, 3.63) is 10.6 Å². The fourth-order valence-corrected chi connectivity index (χ4v) is 7.31. The van der Waals surface area contributed by atoms with Crippen LogP contribution in [0, 0.1) is 23.2 Å². The predicted molar refractivity (Wildman–Crippen MR) is 117 cm³/mol. The van der Waals surface area contributed by atoms with E-state index in [0.717, 1.165) is 44.0 Å². The molecular weight excluding hydrogens is 402 g/mol. The third kappa shape index (κ3) is 3.70. The number of piperidine rings is 1. The third-order valence-electron chi connectivity index (χ3n) is 7.67. The van der Waals surface area contributed by atoms with Crippen LogP contribution in [0.25, 0.3) is 0 Å². The van der Waals surface area contributed by atoms with Crippen molar-refractivity contribution < 1.29 is 19.8 Å². The number of likely N-dealkylation sites (tertiary alicyclic amines) is 1. The van der Waals surface area contributed by atoms with Crippen LogP contribution in [0.1, 0.15) is 40.5 Å². The summed E-state index contributed by atoms with van der Waals surface area (Å²) in [5, 5.41) is 23.7. The van der Waals surface area contributed by atoms with Crippen LogP contribution in [0.5, 0.6) is 0 Å². The van der Waals surface area contributed by atoms with Crippen LogP contribution >= 0.6 is 11.8 Å². The Kier molecular flexibility index (Phi) is 5.98. The Morgan fingerprint density at radius 1 is 1.37 bits per heavy atom. The molecule has 1 amide bonds. The summed E-state index contributed by atoms with van der Waals surface area (Å²) in [6.07, 6.45) is 1.49. The minimum absolute atomic E-state index is 0.0456. The van der Waals surface area contributed by atoms with Crippen molar-refractivity contribution in [3.8, 4) is 0 Å². The number of aliphatic carboxylic acids is 1. The maximum atomic E-state index is 12.5. The van der Waals surface area contributed by atoms with Gasteiger partial charge in [0.2, 0.25) is 5.91 Å². The van der Waals surface area contributed by atoms with E-state index in [1.165, 1.54) is 11.3 Å². The lowest BCUT2D eigenvalue weighted by Crippen LogP contribution is -2.63. The highest BCUT2D eigenvalue weighted by Crippen LogP contribution is 2.52. The molecule has 6 atom stereocenters. The monoisotopic (exact) mass is 437 g/mol. The number of thioether (sulfide) groups is 1. The summed E-state index contributed by atoms with van der Waals surface area (Å²) in [5.74, 6) is -1.15. The molecule has 4 heterocycles. The molecule has 8 heteroatoms. The van der Waals surface area contributed by atoms with E-state index in [0.29, 0.717) is 16.6 Å². The van der Waals surface area contributed by atoms with Crippen LogP contribution < -0.4 is 5.32 Å². The first-order chi connectivity index (χ1) is 14.1. The molecule has 7 nitrogen and oxygen atoms in total. The molecule has 0 aliphatic carbocycles. The van der Waals surface area contributed by atoms with Crippen molar-refractivity contribution in [2.45, 2.75) is 57.9 Å². The van der Waals surface area contributed by atoms with Crippen molar-refractivity contribution >= 4 is 23.6 Å². The lowest BCUT2D eigenvalue weighted by molar-refractivity contribution is -0.163. The second kappa shape index (κ2) is 8.11. The van der Waals surface area contributed by atoms with Crippen molar-refractivity contribution in [1.82, 2.24) is 15.1 Å². The Morgan fingerprint density at radius 2 is 2.10 bits per heavy atom. The zero-order chi connectivity index (χ0) is 21.8. The Balaban J connectivity index is 1.43. The topological polar surface area (TPSA) is 93.1 Å². The van der Waals surface area contributed by atoms with Gasteiger partial charge in [0.15, 0.2) is 0 Å². The number of carboxylic acids is 1. The first-order valence-corrected chi connectivity index (χ1v) is 12.1. The zero-order valence-electron chi connectivity index (χ0n) is 18.4. The molecule has 0 radical (unpaired) electrons. The van der Waals surface area contributed by atoms with Gasteiger partial charge in [-0.15, -0.1) is 11.8 Å². The summed E-state index contributed by atoms with van der Waals surface area (Å²) in [5.41, 5.74) is 0.447. The summed E-state index contributed by atoms with van der Waals surface area (Å²) in [6.45, 7) is 13.6. The second-order valence-corrected chi connectivity index (χ2v) is 11.6. The average molecular weight is 438 g/mol. The third-order valence-corrected chi connectivity index (χ3v) is 9.20. The van der Waals surface area contributed by atoms with Crippen LogP contribution in [0.3, 0.4) is 0 Å². The van der Waals surface area contributed by atoms with E-state index >= 15 is 0 Å². The first kappa shape index (κ1) is 22.1. The van der Waals surface area contributed by atoms with Gasteiger partial charge in [-0.25, -0.2) is 4.79 Å². The van der Waals surface area contributed by atoms with Gasteiger partial charge in [0.1, 0.15) is 5.70 Å². The minimum Gasteiger partial charge on any atom is -0.477 e. The molecule has 0 spiro atoms. The number of amides is 1. The van der Waals surface area contributed by atoms with Crippen molar-refractivity contribution in [1.29, 1.82) is 0 Å². The van der Waals surface area contributed by atoms with Gasteiger partial charge in [-0.3, -0.25) is 4.79 Å². The van der Waals surface area contributed by atoms with E-state index in [1.807, 2.05) is 6.92 Å². The summed E-state index contributed by atoms with van der Waals surface area (Å²) in [4.78, 5) is 29.3.